The van der Waals surface area contributed by atoms with Crippen LogP contribution in [0.3, 0.4) is 0 Å². The van der Waals surface area contributed by atoms with Crippen molar-refractivity contribution in [1.82, 2.24) is 29.7 Å². The van der Waals surface area contributed by atoms with E-state index in [2.05, 4.69) is 38.7 Å². The zero-order valence-corrected chi connectivity index (χ0v) is 24.6. The van der Waals surface area contributed by atoms with Crippen molar-refractivity contribution in [3.05, 3.63) is 83.4 Å². The van der Waals surface area contributed by atoms with Gasteiger partial charge in [0.15, 0.2) is 5.82 Å². The van der Waals surface area contributed by atoms with E-state index in [0.717, 1.165) is 30.8 Å². The number of nitrogens with one attached hydrogen (secondary N) is 2. The molecule has 1 atom stereocenters. The Kier molecular flexibility index (Phi) is 12.6. The highest BCUT2D eigenvalue weighted by molar-refractivity contribution is 7.89. The summed E-state index contributed by atoms with van der Waals surface area (Å²) < 4.78 is 34.4. The largest absolute Gasteiger partial charge is 0.445 e. The summed E-state index contributed by atoms with van der Waals surface area (Å²) in [6.07, 6.45) is 1.24. The molecular formula is C29H42N6O4S. The van der Waals surface area contributed by atoms with Crippen molar-refractivity contribution in [3.8, 4) is 0 Å². The highest BCUT2D eigenvalue weighted by atomic mass is 32.2. The first-order valence-electron chi connectivity index (χ1n) is 14.0. The Balaban J connectivity index is 1.66. The SMILES string of the molecule is CCN(CC)CCCS(=O)(=O)N[C@H](CCc1ccccc1)c1nc(CN(CC)C(=O)OCc2ccccc2)n[nH]1. The molecule has 0 aliphatic carbocycles. The molecule has 40 heavy (non-hydrogen) atoms. The van der Waals surface area contributed by atoms with Crippen molar-refractivity contribution >= 4 is 16.1 Å². The molecule has 0 radical (unpaired) electrons. The molecule has 1 amide bonds. The number of ether oxygens (including phenoxy) is 1. The quantitative estimate of drug-likeness (QED) is 0.248. The van der Waals surface area contributed by atoms with Crippen LogP contribution in [-0.2, 0) is 34.3 Å². The number of hydrogen-bond acceptors (Lipinski definition) is 7. The van der Waals surface area contributed by atoms with E-state index in [9.17, 15) is 13.2 Å². The van der Waals surface area contributed by atoms with Crippen molar-refractivity contribution < 1.29 is 17.9 Å². The van der Waals surface area contributed by atoms with Crippen molar-refractivity contribution in [2.45, 2.75) is 59.2 Å². The molecule has 1 aromatic heterocycles. The van der Waals surface area contributed by atoms with Gasteiger partial charge in [0.25, 0.3) is 0 Å². The third-order valence-corrected chi connectivity index (χ3v) is 8.19. The van der Waals surface area contributed by atoms with E-state index in [0.29, 0.717) is 37.5 Å². The highest BCUT2D eigenvalue weighted by Gasteiger charge is 2.24. The summed E-state index contributed by atoms with van der Waals surface area (Å²) in [6, 6.07) is 18.8. The molecule has 2 N–H and O–H groups in total. The van der Waals surface area contributed by atoms with Crippen LogP contribution in [0, 0.1) is 0 Å². The standard InChI is InChI=1S/C29H42N6O4S/c1-4-34(5-2)20-13-21-40(37,38)33-26(19-18-24-14-9-7-10-15-24)28-30-27(31-32-28)22-35(6-3)29(36)39-23-25-16-11-8-12-17-25/h7-12,14-17,26,33H,4-6,13,18-23H2,1-3H3,(H,30,31,32)/t26-/m1/s1. The molecule has 0 spiro atoms. The fraction of sp³-hybridized carbons (Fsp3) is 0.483. The van der Waals surface area contributed by atoms with Gasteiger partial charge in [-0.1, -0.05) is 74.5 Å². The van der Waals surface area contributed by atoms with Crippen LogP contribution in [0.5, 0.6) is 0 Å². The maximum absolute atomic E-state index is 13.0. The van der Waals surface area contributed by atoms with Gasteiger partial charge >= 0.3 is 6.09 Å². The molecule has 218 valence electrons. The lowest BCUT2D eigenvalue weighted by Crippen LogP contribution is -2.33. The molecule has 3 aromatic rings. The Morgan fingerprint density at radius 2 is 1.62 bits per heavy atom. The summed E-state index contributed by atoms with van der Waals surface area (Å²) in [5.41, 5.74) is 2.00. The number of aromatic nitrogens is 3. The molecule has 10 nitrogen and oxygen atoms in total. The second-order valence-corrected chi connectivity index (χ2v) is 11.5. The molecule has 0 bridgehead atoms. The summed E-state index contributed by atoms with van der Waals surface area (Å²) in [4.78, 5) is 21.0. The van der Waals surface area contributed by atoms with Gasteiger partial charge in [0.1, 0.15) is 12.4 Å². The van der Waals surface area contributed by atoms with Gasteiger partial charge in [0.05, 0.1) is 18.3 Å². The maximum Gasteiger partial charge on any atom is 0.410 e. The van der Waals surface area contributed by atoms with Crippen LogP contribution in [-0.4, -0.2) is 71.4 Å². The lowest BCUT2D eigenvalue weighted by molar-refractivity contribution is 0.0948. The van der Waals surface area contributed by atoms with Gasteiger partial charge in [-0.25, -0.2) is 22.9 Å². The Bertz CT molecular complexity index is 1250. The normalized spacial score (nSPS) is 12.4. The van der Waals surface area contributed by atoms with Crippen LogP contribution in [0.4, 0.5) is 4.79 Å². The minimum absolute atomic E-state index is 0.0310. The van der Waals surface area contributed by atoms with E-state index in [4.69, 9.17) is 4.74 Å². The zero-order valence-electron chi connectivity index (χ0n) is 23.8. The van der Waals surface area contributed by atoms with Gasteiger partial charge in [0.2, 0.25) is 10.0 Å². The molecule has 0 unspecified atom stereocenters. The van der Waals surface area contributed by atoms with E-state index in [1.54, 1.807) is 0 Å². The molecule has 0 fully saturated rings. The lowest BCUT2D eigenvalue weighted by atomic mass is 10.1. The summed E-state index contributed by atoms with van der Waals surface area (Å²) in [5.74, 6) is 0.842. The number of rotatable bonds is 17. The average Bonchev–Trinajstić information content (AvgIpc) is 3.44. The lowest BCUT2D eigenvalue weighted by Gasteiger charge is -2.20. The fourth-order valence-electron chi connectivity index (χ4n) is 4.32. The molecule has 0 saturated heterocycles. The van der Waals surface area contributed by atoms with Crippen LogP contribution in [0.1, 0.15) is 62.4 Å². The number of amides is 1. The number of carbonyl (C=O) groups excluding carboxylic acids is 1. The van der Waals surface area contributed by atoms with Gasteiger partial charge in [0, 0.05) is 6.54 Å². The molecule has 0 aliphatic heterocycles. The number of aromatic amines is 1. The van der Waals surface area contributed by atoms with E-state index >= 15 is 0 Å². The second-order valence-electron chi connectivity index (χ2n) is 9.59. The summed E-state index contributed by atoms with van der Waals surface area (Å²) in [7, 11) is -3.56. The zero-order chi connectivity index (χ0) is 28.8. The number of benzene rings is 2. The van der Waals surface area contributed by atoms with E-state index in [1.165, 1.54) is 4.90 Å². The Morgan fingerprint density at radius 1 is 0.975 bits per heavy atom. The number of nitrogens with zero attached hydrogens (tertiary/aromatic N) is 4. The molecular weight excluding hydrogens is 528 g/mol. The first kappa shape index (κ1) is 31.3. The average molecular weight is 571 g/mol. The third kappa shape index (κ3) is 10.4. The Morgan fingerprint density at radius 3 is 2.25 bits per heavy atom. The first-order valence-corrected chi connectivity index (χ1v) is 15.6. The predicted molar refractivity (Wildman–Crippen MR) is 156 cm³/mol. The molecule has 0 aliphatic rings. The number of sulfonamides is 1. The molecule has 1 heterocycles. The monoisotopic (exact) mass is 570 g/mol. The molecule has 2 aromatic carbocycles. The summed E-state index contributed by atoms with van der Waals surface area (Å²) in [6.45, 7) is 9.22. The summed E-state index contributed by atoms with van der Waals surface area (Å²) >= 11 is 0. The third-order valence-electron chi connectivity index (χ3n) is 6.72. The van der Waals surface area contributed by atoms with Crippen LogP contribution < -0.4 is 4.72 Å². The number of aryl methyl sites for hydroxylation is 1. The highest BCUT2D eigenvalue weighted by Crippen LogP contribution is 2.19. The first-order chi connectivity index (χ1) is 19.3. The number of H-pyrrole nitrogens is 1. The van der Waals surface area contributed by atoms with Crippen LogP contribution in [0.2, 0.25) is 0 Å². The Hall–Kier alpha value is -3.28. The number of carbonyl (C=O) groups is 1. The molecule has 11 heteroatoms. The van der Waals surface area contributed by atoms with Gasteiger partial charge in [-0.2, -0.15) is 5.10 Å². The van der Waals surface area contributed by atoms with Gasteiger partial charge in [-0.3, -0.25) is 5.10 Å². The smallest absolute Gasteiger partial charge is 0.410 e. The van der Waals surface area contributed by atoms with E-state index < -0.39 is 22.2 Å². The van der Waals surface area contributed by atoms with Crippen LogP contribution in [0.25, 0.3) is 0 Å². The minimum atomic E-state index is -3.56. The predicted octanol–water partition coefficient (Wildman–Crippen LogP) is 4.29. The molecule has 0 saturated carbocycles. The van der Waals surface area contributed by atoms with E-state index in [-0.39, 0.29) is 18.9 Å². The van der Waals surface area contributed by atoms with Gasteiger partial charge in [-0.05, 0) is 56.9 Å². The van der Waals surface area contributed by atoms with Crippen molar-refractivity contribution in [3.63, 3.8) is 0 Å². The van der Waals surface area contributed by atoms with Crippen LogP contribution >= 0.6 is 0 Å². The minimum Gasteiger partial charge on any atom is -0.445 e. The second kappa shape index (κ2) is 16.1. The maximum atomic E-state index is 13.0. The van der Waals surface area contributed by atoms with Crippen molar-refractivity contribution in [2.24, 2.45) is 0 Å². The molecule has 3 rings (SSSR count). The van der Waals surface area contributed by atoms with Crippen molar-refractivity contribution in [2.75, 3.05) is 31.9 Å². The van der Waals surface area contributed by atoms with Gasteiger partial charge in [-0.15, -0.1) is 0 Å². The van der Waals surface area contributed by atoms with Crippen LogP contribution in [0.15, 0.2) is 60.7 Å². The summed E-state index contributed by atoms with van der Waals surface area (Å²) in [5, 5.41) is 7.20. The van der Waals surface area contributed by atoms with Gasteiger partial charge < -0.3 is 14.5 Å². The topological polar surface area (TPSA) is 121 Å². The van der Waals surface area contributed by atoms with Crippen molar-refractivity contribution in [1.29, 1.82) is 0 Å². The number of hydrogen-bond donors (Lipinski definition) is 2. The fourth-order valence-corrected chi connectivity index (χ4v) is 5.61. The van der Waals surface area contributed by atoms with E-state index in [1.807, 2.05) is 67.6 Å². The Labute approximate surface area is 238 Å².